The molecule has 0 aliphatic carbocycles. The lowest BCUT2D eigenvalue weighted by molar-refractivity contribution is 0.159. The van der Waals surface area contributed by atoms with Gasteiger partial charge < -0.3 is 10.2 Å². The zero-order valence-electron chi connectivity index (χ0n) is 13.3. The molecule has 1 rings (SSSR count). The Morgan fingerprint density at radius 2 is 1.83 bits per heavy atom. The second-order valence-corrected chi connectivity index (χ2v) is 6.61. The van der Waals surface area contributed by atoms with Crippen molar-refractivity contribution in [3.63, 3.8) is 0 Å². The summed E-state index contributed by atoms with van der Waals surface area (Å²) in [6.45, 7) is 17.8. The van der Waals surface area contributed by atoms with Crippen LogP contribution in [0.1, 0.15) is 60.3 Å². The molecule has 0 amide bonds. The molecule has 1 heterocycles. The van der Waals surface area contributed by atoms with Gasteiger partial charge >= 0.3 is 0 Å². The average Bonchev–Trinajstić information content (AvgIpc) is 2.80. The van der Waals surface area contributed by atoms with E-state index in [1.54, 1.807) is 0 Å². The molecule has 0 aromatic carbocycles. The predicted molar refractivity (Wildman–Crippen MR) is 81.0 cm³/mol. The molecule has 1 fully saturated rings. The molecule has 2 nitrogen and oxygen atoms in total. The van der Waals surface area contributed by atoms with E-state index in [4.69, 9.17) is 0 Å². The molecule has 1 saturated heterocycles. The maximum atomic E-state index is 3.54. The van der Waals surface area contributed by atoms with E-state index in [0.717, 1.165) is 13.1 Å². The van der Waals surface area contributed by atoms with E-state index in [-0.39, 0.29) is 0 Å². The highest BCUT2D eigenvalue weighted by molar-refractivity contribution is 4.91. The third kappa shape index (κ3) is 3.96. The predicted octanol–water partition coefficient (Wildman–Crippen LogP) is 3.52. The number of hydrogen-bond acceptors (Lipinski definition) is 2. The van der Waals surface area contributed by atoms with Crippen molar-refractivity contribution >= 4 is 0 Å². The fourth-order valence-corrected chi connectivity index (χ4v) is 3.25. The fraction of sp³-hybridized carbons (Fsp3) is 1.00. The number of likely N-dealkylation sites (tertiary alicyclic amines) is 1. The van der Waals surface area contributed by atoms with Gasteiger partial charge in [-0.15, -0.1) is 0 Å². The normalized spacial score (nSPS) is 23.2. The van der Waals surface area contributed by atoms with E-state index in [2.05, 4.69) is 44.8 Å². The van der Waals surface area contributed by atoms with Gasteiger partial charge in [0.25, 0.3) is 0 Å². The van der Waals surface area contributed by atoms with Crippen LogP contribution in [-0.2, 0) is 0 Å². The van der Waals surface area contributed by atoms with Gasteiger partial charge in [0.1, 0.15) is 0 Å². The number of nitrogens with zero attached hydrogens (tertiary/aromatic N) is 1. The molecule has 1 atom stereocenters. The molecule has 0 aromatic heterocycles. The van der Waals surface area contributed by atoms with E-state index in [1.807, 2.05) is 0 Å². The zero-order chi connectivity index (χ0) is 13.6. The topological polar surface area (TPSA) is 15.3 Å². The first-order valence-corrected chi connectivity index (χ1v) is 7.96. The Labute approximate surface area is 115 Å². The molecule has 2 heteroatoms. The van der Waals surface area contributed by atoms with Gasteiger partial charge in [-0.25, -0.2) is 0 Å². The van der Waals surface area contributed by atoms with Crippen LogP contribution in [0.4, 0.5) is 0 Å². The number of rotatable bonds is 8. The summed E-state index contributed by atoms with van der Waals surface area (Å²) in [5.41, 5.74) is 1.06. The fourth-order valence-electron chi connectivity index (χ4n) is 3.25. The first-order chi connectivity index (χ1) is 8.53. The molecular formula is C16H34N2. The van der Waals surface area contributed by atoms with Crippen LogP contribution in [0.3, 0.4) is 0 Å². The molecule has 0 bridgehead atoms. The first kappa shape index (κ1) is 16.0. The van der Waals surface area contributed by atoms with Gasteiger partial charge in [0, 0.05) is 19.6 Å². The third-order valence-electron chi connectivity index (χ3n) is 5.28. The van der Waals surface area contributed by atoms with Gasteiger partial charge in [0.2, 0.25) is 0 Å². The van der Waals surface area contributed by atoms with Crippen molar-refractivity contribution < 1.29 is 0 Å². The van der Waals surface area contributed by atoms with Crippen molar-refractivity contribution in [2.24, 2.45) is 10.8 Å². The van der Waals surface area contributed by atoms with E-state index in [0.29, 0.717) is 10.8 Å². The van der Waals surface area contributed by atoms with Crippen LogP contribution < -0.4 is 5.32 Å². The molecule has 108 valence electrons. The lowest BCUT2D eigenvalue weighted by atomic mass is 9.81. The molecule has 1 aliphatic heterocycles. The Morgan fingerprint density at radius 1 is 1.17 bits per heavy atom. The van der Waals surface area contributed by atoms with Gasteiger partial charge in [-0.1, -0.05) is 34.6 Å². The average molecular weight is 254 g/mol. The van der Waals surface area contributed by atoms with E-state index in [9.17, 15) is 0 Å². The number of nitrogens with one attached hydrogen (secondary N) is 1. The molecule has 1 N–H and O–H groups in total. The molecule has 0 saturated carbocycles. The minimum absolute atomic E-state index is 0.438. The smallest absolute Gasteiger partial charge is 0.00476 e. The van der Waals surface area contributed by atoms with E-state index in [1.165, 1.54) is 45.3 Å². The lowest BCUT2D eigenvalue weighted by Gasteiger charge is -2.34. The highest BCUT2D eigenvalue weighted by atomic mass is 15.2. The highest BCUT2D eigenvalue weighted by Gasteiger charge is 2.37. The Hall–Kier alpha value is -0.0800. The largest absolute Gasteiger partial charge is 0.316 e. The minimum Gasteiger partial charge on any atom is -0.316 e. The standard InChI is InChI=1S/C16H34N2/c1-6-15(5,12-17-9-4)13-18-11-10-16(7-2,8-3)14-18/h17H,6-14H2,1-5H3. The van der Waals surface area contributed by atoms with Crippen molar-refractivity contribution in [3.8, 4) is 0 Å². The highest BCUT2D eigenvalue weighted by Crippen LogP contribution is 2.38. The SMILES string of the molecule is CCNCC(C)(CC)CN1CCC(CC)(CC)C1. The summed E-state index contributed by atoms with van der Waals surface area (Å²) in [6, 6.07) is 0. The van der Waals surface area contributed by atoms with Crippen molar-refractivity contribution in [2.75, 3.05) is 32.7 Å². The Kier molecular flexibility index (Phi) is 6.13. The second-order valence-electron chi connectivity index (χ2n) is 6.61. The van der Waals surface area contributed by atoms with E-state index >= 15 is 0 Å². The monoisotopic (exact) mass is 254 g/mol. The molecular weight excluding hydrogens is 220 g/mol. The van der Waals surface area contributed by atoms with Crippen molar-refractivity contribution in [1.82, 2.24) is 10.2 Å². The molecule has 18 heavy (non-hydrogen) atoms. The van der Waals surface area contributed by atoms with Gasteiger partial charge in [-0.2, -0.15) is 0 Å². The van der Waals surface area contributed by atoms with Crippen LogP contribution in [0, 0.1) is 10.8 Å². The van der Waals surface area contributed by atoms with Crippen molar-refractivity contribution in [3.05, 3.63) is 0 Å². The van der Waals surface area contributed by atoms with Gasteiger partial charge in [-0.05, 0) is 49.6 Å². The number of hydrogen-bond donors (Lipinski definition) is 1. The van der Waals surface area contributed by atoms with Crippen LogP contribution in [0.5, 0.6) is 0 Å². The van der Waals surface area contributed by atoms with Crippen molar-refractivity contribution in [2.45, 2.75) is 60.3 Å². The van der Waals surface area contributed by atoms with Crippen LogP contribution >= 0.6 is 0 Å². The first-order valence-electron chi connectivity index (χ1n) is 7.96. The minimum atomic E-state index is 0.438. The molecule has 0 radical (unpaired) electrons. The Morgan fingerprint density at radius 3 is 2.28 bits per heavy atom. The quantitative estimate of drug-likeness (QED) is 0.713. The molecule has 0 spiro atoms. The summed E-state index contributed by atoms with van der Waals surface area (Å²) in [4.78, 5) is 2.72. The summed E-state index contributed by atoms with van der Waals surface area (Å²) in [5, 5.41) is 3.54. The summed E-state index contributed by atoms with van der Waals surface area (Å²) in [6.07, 6.45) is 5.36. The Balaban J connectivity index is 2.52. The van der Waals surface area contributed by atoms with Crippen LogP contribution in [0.15, 0.2) is 0 Å². The van der Waals surface area contributed by atoms with Gasteiger partial charge in [-0.3, -0.25) is 0 Å². The maximum absolute atomic E-state index is 3.54. The van der Waals surface area contributed by atoms with Crippen molar-refractivity contribution in [1.29, 1.82) is 0 Å². The zero-order valence-corrected chi connectivity index (χ0v) is 13.3. The van der Waals surface area contributed by atoms with Crippen LogP contribution in [-0.4, -0.2) is 37.6 Å². The molecule has 0 aromatic rings. The third-order valence-corrected chi connectivity index (χ3v) is 5.28. The summed E-state index contributed by atoms with van der Waals surface area (Å²) >= 11 is 0. The summed E-state index contributed by atoms with van der Waals surface area (Å²) in [5.74, 6) is 0. The van der Waals surface area contributed by atoms with Crippen LogP contribution in [0.25, 0.3) is 0 Å². The van der Waals surface area contributed by atoms with Gasteiger partial charge in [0.05, 0.1) is 0 Å². The summed E-state index contributed by atoms with van der Waals surface area (Å²) in [7, 11) is 0. The lowest BCUT2D eigenvalue weighted by Crippen LogP contribution is -2.42. The van der Waals surface area contributed by atoms with Gasteiger partial charge in [0.15, 0.2) is 0 Å². The maximum Gasteiger partial charge on any atom is 0.00476 e. The van der Waals surface area contributed by atoms with E-state index < -0.39 is 0 Å². The Bertz CT molecular complexity index is 235. The molecule has 1 aliphatic rings. The summed E-state index contributed by atoms with van der Waals surface area (Å²) < 4.78 is 0. The second kappa shape index (κ2) is 6.91. The molecule has 1 unspecified atom stereocenters. The van der Waals surface area contributed by atoms with Crippen LogP contribution in [0.2, 0.25) is 0 Å².